The van der Waals surface area contributed by atoms with Gasteiger partial charge >= 0.3 is 0 Å². The monoisotopic (exact) mass is 222 g/mol. The van der Waals surface area contributed by atoms with E-state index >= 15 is 0 Å². The van der Waals surface area contributed by atoms with Crippen LogP contribution in [0, 0.1) is 0 Å². The van der Waals surface area contributed by atoms with Crippen molar-refractivity contribution in [2.24, 2.45) is 0 Å². The van der Waals surface area contributed by atoms with Gasteiger partial charge in [0.2, 0.25) is 0 Å². The van der Waals surface area contributed by atoms with Crippen molar-refractivity contribution >= 4 is 0 Å². The summed E-state index contributed by atoms with van der Waals surface area (Å²) in [6, 6.07) is 10.8. The SMILES string of the molecule is CCCCCCCc1ccccc1.COC. The smallest absolute Gasteiger partial charge is 0.0351 e. The maximum Gasteiger partial charge on any atom is 0.0351 e. The van der Waals surface area contributed by atoms with Crippen LogP contribution < -0.4 is 0 Å². The van der Waals surface area contributed by atoms with Crippen LogP contribution in [0.15, 0.2) is 30.3 Å². The molecule has 16 heavy (non-hydrogen) atoms. The summed E-state index contributed by atoms with van der Waals surface area (Å²) in [7, 11) is 3.25. The van der Waals surface area contributed by atoms with E-state index in [4.69, 9.17) is 0 Å². The largest absolute Gasteiger partial charge is 0.388 e. The van der Waals surface area contributed by atoms with E-state index in [9.17, 15) is 0 Å². The lowest BCUT2D eigenvalue weighted by atomic mass is 10.1. The van der Waals surface area contributed by atoms with Gasteiger partial charge in [-0.2, -0.15) is 0 Å². The van der Waals surface area contributed by atoms with E-state index in [1.165, 1.54) is 44.1 Å². The summed E-state index contributed by atoms with van der Waals surface area (Å²) in [4.78, 5) is 0. The van der Waals surface area contributed by atoms with E-state index < -0.39 is 0 Å². The molecule has 1 heteroatoms. The molecule has 92 valence electrons. The van der Waals surface area contributed by atoms with Gasteiger partial charge in [-0.05, 0) is 18.4 Å². The standard InChI is InChI=1S/C13H20.C2H6O/c1-2-3-4-5-7-10-13-11-8-6-9-12-13;1-3-2/h6,8-9,11-12H,2-5,7,10H2,1H3;1-2H3. The maximum atomic E-state index is 4.25. The zero-order chi connectivity index (χ0) is 12.1. The molecule has 0 spiro atoms. The predicted octanol–water partition coefficient (Wildman–Crippen LogP) is 4.46. The molecule has 0 heterocycles. The van der Waals surface area contributed by atoms with Gasteiger partial charge in [0.1, 0.15) is 0 Å². The van der Waals surface area contributed by atoms with Gasteiger partial charge in [0.15, 0.2) is 0 Å². The fourth-order valence-corrected chi connectivity index (χ4v) is 1.58. The Morgan fingerprint density at radius 2 is 1.44 bits per heavy atom. The minimum absolute atomic E-state index is 1.25. The van der Waals surface area contributed by atoms with Gasteiger partial charge in [-0.25, -0.2) is 0 Å². The number of aryl methyl sites for hydroxylation is 1. The summed E-state index contributed by atoms with van der Waals surface area (Å²) < 4.78 is 4.25. The van der Waals surface area contributed by atoms with Gasteiger partial charge in [-0.3, -0.25) is 0 Å². The summed E-state index contributed by atoms with van der Waals surface area (Å²) in [5.41, 5.74) is 1.49. The Morgan fingerprint density at radius 3 is 2.00 bits per heavy atom. The van der Waals surface area contributed by atoms with Crippen LogP contribution in [0.1, 0.15) is 44.6 Å². The first kappa shape index (κ1) is 15.2. The number of rotatable bonds is 6. The van der Waals surface area contributed by atoms with Crippen LogP contribution in [-0.2, 0) is 11.2 Å². The van der Waals surface area contributed by atoms with Gasteiger partial charge in [0, 0.05) is 14.2 Å². The summed E-state index contributed by atoms with van der Waals surface area (Å²) in [6.45, 7) is 2.26. The molecule has 0 bridgehead atoms. The van der Waals surface area contributed by atoms with E-state index in [2.05, 4.69) is 42.0 Å². The molecule has 0 aromatic heterocycles. The second-order valence-electron chi connectivity index (χ2n) is 4.06. The van der Waals surface area contributed by atoms with Crippen molar-refractivity contribution in [3.8, 4) is 0 Å². The van der Waals surface area contributed by atoms with Crippen LogP contribution in [0.2, 0.25) is 0 Å². The zero-order valence-electron chi connectivity index (χ0n) is 11.0. The minimum Gasteiger partial charge on any atom is -0.388 e. The molecule has 0 aliphatic carbocycles. The molecular formula is C15H26O. The molecule has 0 saturated carbocycles. The average molecular weight is 222 g/mol. The molecule has 0 saturated heterocycles. The lowest BCUT2D eigenvalue weighted by molar-refractivity contribution is 0.277. The van der Waals surface area contributed by atoms with Crippen LogP contribution in [0.4, 0.5) is 0 Å². The number of benzene rings is 1. The van der Waals surface area contributed by atoms with Crippen molar-refractivity contribution < 1.29 is 4.74 Å². The second-order valence-corrected chi connectivity index (χ2v) is 4.06. The fourth-order valence-electron chi connectivity index (χ4n) is 1.58. The van der Waals surface area contributed by atoms with Crippen molar-refractivity contribution in [2.75, 3.05) is 14.2 Å². The maximum absolute atomic E-state index is 4.25. The van der Waals surface area contributed by atoms with Crippen molar-refractivity contribution in [3.05, 3.63) is 35.9 Å². The Hall–Kier alpha value is -0.820. The van der Waals surface area contributed by atoms with Gasteiger partial charge in [0.25, 0.3) is 0 Å². The Labute approximate surface area is 101 Å². The third kappa shape index (κ3) is 9.72. The molecule has 0 aliphatic rings. The summed E-state index contributed by atoms with van der Waals surface area (Å²) >= 11 is 0. The van der Waals surface area contributed by atoms with Crippen LogP contribution in [-0.4, -0.2) is 14.2 Å². The lowest BCUT2D eigenvalue weighted by Gasteiger charge is -2.00. The van der Waals surface area contributed by atoms with Crippen LogP contribution in [0.3, 0.4) is 0 Å². The molecule has 0 N–H and O–H groups in total. The number of hydrogen-bond donors (Lipinski definition) is 0. The molecule has 1 nitrogen and oxygen atoms in total. The molecule has 0 radical (unpaired) electrons. The molecule has 0 fully saturated rings. The summed E-state index contributed by atoms with van der Waals surface area (Å²) in [5.74, 6) is 0. The van der Waals surface area contributed by atoms with Gasteiger partial charge < -0.3 is 4.74 Å². The Morgan fingerprint density at radius 1 is 0.875 bits per heavy atom. The molecule has 0 aliphatic heterocycles. The first-order valence-electron chi connectivity index (χ1n) is 6.29. The van der Waals surface area contributed by atoms with E-state index in [1.807, 2.05) is 0 Å². The quantitative estimate of drug-likeness (QED) is 0.646. The molecular weight excluding hydrogens is 196 g/mol. The predicted molar refractivity (Wildman–Crippen MR) is 71.8 cm³/mol. The normalized spacial score (nSPS) is 9.44. The third-order valence-corrected chi connectivity index (χ3v) is 2.41. The van der Waals surface area contributed by atoms with E-state index in [-0.39, 0.29) is 0 Å². The highest BCUT2D eigenvalue weighted by Crippen LogP contribution is 2.08. The second kappa shape index (κ2) is 12.3. The number of hydrogen-bond acceptors (Lipinski definition) is 1. The highest BCUT2D eigenvalue weighted by atomic mass is 16.4. The topological polar surface area (TPSA) is 9.23 Å². The average Bonchev–Trinajstić information content (AvgIpc) is 2.31. The Kier molecular flexibility index (Phi) is 11.6. The first-order chi connectivity index (χ1) is 7.85. The first-order valence-corrected chi connectivity index (χ1v) is 6.29. The number of ether oxygens (including phenoxy) is 1. The van der Waals surface area contributed by atoms with Gasteiger partial charge in [-0.1, -0.05) is 62.9 Å². The van der Waals surface area contributed by atoms with Crippen molar-refractivity contribution in [3.63, 3.8) is 0 Å². The molecule has 1 rings (SSSR count). The molecule has 1 aromatic carbocycles. The Balaban J connectivity index is 0.000000673. The molecule has 0 amide bonds. The van der Waals surface area contributed by atoms with Crippen molar-refractivity contribution in [1.82, 2.24) is 0 Å². The fraction of sp³-hybridized carbons (Fsp3) is 0.600. The van der Waals surface area contributed by atoms with Crippen molar-refractivity contribution in [1.29, 1.82) is 0 Å². The number of methoxy groups -OCH3 is 1. The van der Waals surface area contributed by atoms with Gasteiger partial charge in [0.05, 0.1) is 0 Å². The van der Waals surface area contributed by atoms with E-state index in [1.54, 1.807) is 14.2 Å². The summed E-state index contributed by atoms with van der Waals surface area (Å²) in [6.07, 6.45) is 8.14. The van der Waals surface area contributed by atoms with E-state index in [0.29, 0.717) is 0 Å². The highest BCUT2D eigenvalue weighted by molar-refractivity contribution is 5.14. The summed E-state index contributed by atoms with van der Waals surface area (Å²) in [5, 5.41) is 0. The molecule has 0 unspecified atom stereocenters. The zero-order valence-corrected chi connectivity index (χ0v) is 11.0. The van der Waals surface area contributed by atoms with Crippen LogP contribution in [0.25, 0.3) is 0 Å². The Bertz CT molecular complexity index is 218. The molecule has 0 atom stereocenters. The third-order valence-electron chi connectivity index (χ3n) is 2.41. The van der Waals surface area contributed by atoms with E-state index in [0.717, 1.165) is 0 Å². The van der Waals surface area contributed by atoms with Crippen molar-refractivity contribution in [2.45, 2.75) is 45.4 Å². The van der Waals surface area contributed by atoms with Gasteiger partial charge in [-0.15, -0.1) is 0 Å². The van der Waals surface area contributed by atoms with Crippen LogP contribution >= 0.6 is 0 Å². The minimum atomic E-state index is 1.25. The lowest BCUT2D eigenvalue weighted by Crippen LogP contribution is -1.84. The highest BCUT2D eigenvalue weighted by Gasteiger charge is 1.91. The molecule has 1 aromatic rings. The number of unbranched alkanes of at least 4 members (excludes halogenated alkanes) is 4. The van der Waals surface area contributed by atoms with Crippen LogP contribution in [0.5, 0.6) is 0 Å².